The number of carbonyl (C=O) groups is 4. The molecule has 1 aliphatic heterocycles. The summed E-state index contributed by atoms with van der Waals surface area (Å²) in [5.74, 6) is -1.34. The number of nitrogens with zero attached hydrogens (tertiary/aromatic N) is 2. The first-order chi connectivity index (χ1) is 15.8. The molecule has 2 aromatic rings. The zero-order valence-electron chi connectivity index (χ0n) is 18.5. The molecule has 2 aromatic carbocycles. The van der Waals surface area contributed by atoms with E-state index in [2.05, 4.69) is 5.32 Å². The smallest absolute Gasteiger partial charge is 0.261 e. The maximum atomic E-state index is 12.9. The number of ether oxygens (including phenoxy) is 2. The van der Waals surface area contributed by atoms with Gasteiger partial charge in [-0.3, -0.25) is 24.1 Å². The van der Waals surface area contributed by atoms with Gasteiger partial charge >= 0.3 is 0 Å². The quantitative estimate of drug-likeness (QED) is 0.443. The van der Waals surface area contributed by atoms with Gasteiger partial charge in [-0.15, -0.1) is 0 Å². The number of nitrogens with one attached hydrogen (secondary N) is 1. The van der Waals surface area contributed by atoms with Crippen molar-refractivity contribution in [2.45, 2.75) is 6.42 Å². The van der Waals surface area contributed by atoms with Crippen molar-refractivity contribution in [3.05, 3.63) is 58.1 Å². The van der Waals surface area contributed by atoms with E-state index in [0.29, 0.717) is 29.5 Å². The van der Waals surface area contributed by atoms with Crippen molar-refractivity contribution in [1.29, 1.82) is 0 Å². The van der Waals surface area contributed by atoms with Gasteiger partial charge in [-0.25, -0.2) is 0 Å². The molecule has 10 heteroatoms. The molecule has 1 heterocycles. The lowest BCUT2D eigenvalue weighted by atomic mass is 10.0. The monoisotopic (exact) mass is 473 g/mol. The highest BCUT2D eigenvalue weighted by Gasteiger charge is 2.35. The first-order valence-electron chi connectivity index (χ1n) is 10.1. The predicted octanol–water partition coefficient (Wildman–Crippen LogP) is 2.69. The summed E-state index contributed by atoms with van der Waals surface area (Å²) in [6.07, 6.45) is 0.517. The molecule has 9 nitrogen and oxygen atoms in total. The van der Waals surface area contributed by atoms with Crippen LogP contribution in [0.2, 0.25) is 5.02 Å². The highest BCUT2D eigenvalue weighted by molar-refractivity contribution is 6.31. The van der Waals surface area contributed by atoms with E-state index in [0.717, 1.165) is 4.90 Å². The number of likely N-dealkylation sites (N-methyl/N-ethyl adjacent to an activating group) is 1. The zero-order valence-corrected chi connectivity index (χ0v) is 19.3. The maximum Gasteiger partial charge on any atom is 0.261 e. The maximum absolute atomic E-state index is 12.9. The van der Waals surface area contributed by atoms with Gasteiger partial charge in [0, 0.05) is 37.9 Å². The van der Waals surface area contributed by atoms with E-state index < -0.39 is 23.6 Å². The second-order valence-corrected chi connectivity index (χ2v) is 7.86. The summed E-state index contributed by atoms with van der Waals surface area (Å²) >= 11 is 5.98. The Labute approximate surface area is 196 Å². The third kappa shape index (κ3) is 5.32. The van der Waals surface area contributed by atoms with Crippen LogP contribution in [0.25, 0.3) is 0 Å². The third-order valence-electron chi connectivity index (χ3n) is 5.11. The number of amides is 4. The van der Waals surface area contributed by atoms with Crippen molar-refractivity contribution < 1.29 is 28.7 Å². The van der Waals surface area contributed by atoms with E-state index in [9.17, 15) is 19.2 Å². The fourth-order valence-corrected chi connectivity index (χ4v) is 3.64. The molecule has 0 radical (unpaired) electrons. The molecule has 0 atom stereocenters. The van der Waals surface area contributed by atoms with E-state index in [4.69, 9.17) is 21.1 Å². The number of imide groups is 1. The number of carbonyl (C=O) groups excluding carboxylic acids is 4. The molecule has 1 aliphatic rings. The summed E-state index contributed by atoms with van der Waals surface area (Å²) in [6, 6.07) is 9.12. The summed E-state index contributed by atoms with van der Waals surface area (Å²) < 4.78 is 10.2. The molecule has 0 aromatic heterocycles. The number of hydrogen-bond acceptors (Lipinski definition) is 6. The molecule has 0 saturated heterocycles. The van der Waals surface area contributed by atoms with Crippen LogP contribution in [0, 0.1) is 0 Å². The van der Waals surface area contributed by atoms with Gasteiger partial charge in [-0.2, -0.15) is 0 Å². The summed E-state index contributed by atoms with van der Waals surface area (Å²) in [5, 5.41) is 3.09. The number of halogens is 1. The largest absolute Gasteiger partial charge is 0.495 e. The van der Waals surface area contributed by atoms with Crippen LogP contribution in [-0.4, -0.2) is 74.4 Å². The van der Waals surface area contributed by atoms with Crippen molar-refractivity contribution in [3.8, 4) is 5.75 Å². The minimum atomic E-state index is -0.468. The molecule has 0 saturated carbocycles. The van der Waals surface area contributed by atoms with Gasteiger partial charge in [0.1, 0.15) is 5.75 Å². The normalized spacial score (nSPS) is 12.5. The first kappa shape index (κ1) is 24.2. The molecule has 0 bridgehead atoms. The standard InChI is InChI=1S/C23H24ClN3O6/c1-26(13-20(28)25-18-12-15(24)6-8-19(18)33-3)21(29)14-5-7-16-17(11-14)23(31)27(22(16)30)9-4-10-32-2/h5-8,11-12H,4,9-10,13H2,1-3H3,(H,25,28). The highest BCUT2D eigenvalue weighted by Crippen LogP contribution is 2.28. The molecule has 174 valence electrons. The fourth-order valence-electron chi connectivity index (χ4n) is 3.47. The van der Waals surface area contributed by atoms with Crippen molar-refractivity contribution in [1.82, 2.24) is 9.80 Å². The molecule has 0 unspecified atom stereocenters. The number of methoxy groups -OCH3 is 2. The van der Waals surface area contributed by atoms with Gasteiger partial charge < -0.3 is 19.7 Å². The van der Waals surface area contributed by atoms with Crippen LogP contribution in [0.15, 0.2) is 36.4 Å². The molecular formula is C23H24ClN3O6. The summed E-state index contributed by atoms with van der Waals surface area (Å²) in [5.41, 5.74) is 1.00. The Kier molecular flexibility index (Phi) is 7.67. The van der Waals surface area contributed by atoms with Crippen molar-refractivity contribution in [3.63, 3.8) is 0 Å². The average molecular weight is 474 g/mol. The number of hydrogen-bond donors (Lipinski definition) is 1. The van der Waals surface area contributed by atoms with Crippen LogP contribution in [0.4, 0.5) is 5.69 Å². The molecule has 0 spiro atoms. The molecule has 1 N–H and O–H groups in total. The van der Waals surface area contributed by atoms with Crippen LogP contribution < -0.4 is 10.1 Å². The van der Waals surface area contributed by atoms with Crippen molar-refractivity contribution in [2.24, 2.45) is 0 Å². The molecule has 0 aliphatic carbocycles. The van der Waals surface area contributed by atoms with Crippen LogP contribution in [0.3, 0.4) is 0 Å². The van der Waals surface area contributed by atoms with Crippen molar-refractivity contribution in [2.75, 3.05) is 46.3 Å². The topological polar surface area (TPSA) is 105 Å². The molecule has 3 rings (SSSR count). The lowest BCUT2D eigenvalue weighted by Gasteiger charge is -2.18. The molecule has 4 amide bonds. The van der Waals surface area contributed by atoms with Crippen LogP contribution >= 0.6 is 11.6 Å². The van der Waals surface area contributed by atoms with Gasteiger partial charge in [0.2, 0.25) is 5.91 Å². The summed E-state index contributed by atoms with van der Waals surface area (Å²) in [7, 11) is 4.48. The lowest BCUT2D eigenvalue weighted by Crippen LogP contribution is -2.35. The van der Waals surface area contributed by atoms with Gasteiger partial charge in [0.25, 0.3) is 17.7 Å². The Morgan fingerprint density at radius 3 is 2.48 bits per heavy atom. The Morgan fingerprint density at radius 1 is 1.06 bits per heavy atom. The zero-order chi connectivity index (χ0) is 24.1. The Morgan fingerprint density at radius 2 is 1.79 bits per heavy atom. The summed E-state index contributed by atoms with van der Waals surface area (Å²) in [4.78, 5) is 52.9. The van der Waals surface area contributed by atoms with Gasteiger partial charge in [0.15, 0.2) is 0 Å². The Bertz CT molecular complexity index is 1100. The number of rotatable bonds is 9. The SMILES string of the molecule is COCCCN1C(=O)c2ccc(C(=O)N(C)CC(=O)Nc3cc(Cl)ccc3OC)cc2C1=O. The minimum absolute atomic E-state index is 0.171. The van der Waals surface area contributed by atoms with Gasteiger partial charge in [0.05, 0.1) is 30.5 Å². The Balaban J connectivity index is 1.68. The summed E-state index contributed by atoms with van der Waals surface area (Å²) in [6.45, 7) is 0.406. The lowest BCUT2D eigenvalue weighted by molar-refractivity contribution is -0.116. The van der Waals surface area contributed by atoms with Gasteiger partial charge in [-0.05, 0) is 42.8 Å². The van der Waals surface area contributed by atoms with Crippen LogP contribution in [0.5, 0.6) is 5.75 Å². The molecule has 33 heavy (non-hydrogen) atoms. The van der Waals surface area contributed by atoms with Gasteiger partial charge in [-0.1, -0.05) is 11.6 Å². The van der Waals surface area contributed by atoms with E-state index in [1.165, 1.54) is 37.3 Å². The second kappa shape index (κ2) is 10.5. The van der Waals surface area contributed by atoms with E-state index in [-0.39, 0.29) is 29.8 Å². The molecule has 0 fully saturated rings. The fraction of sp³-hybridized carbons (Fsp3) is 0.304. The predicted molar refractivity (Wildman–Crippen MR) is 122 cm³/mol. The Hall–Kier alpha value is -3.43. The minimum Gasteiger partial charge on any atom is -0.495 e. The van der Waals surface area contributed by atoms with Crippen LogP contribution in [0.1, 0.15) is 37.5 Å². The van der Waals surface area contributed by atoms with Crippen LogP contribution in [-0.2, 0) is 9.53 Å². The first-order valence-corrected chi connectivity index (χ1v) is 10.5. The number of benzene rings is 2. The van der Waals surface area contributed by atoms with E-state index >= 15 is 0 Å². The number of fused-ring (bicyclic) bond motifs is 1. The second-order valence-electron chi connectivity index (χ2n) is 7.42. The van der Waals surface area contributed by atoms with E-state index in [1.807, 2.05) is 0 Å². The average Bonchev–Trinajstić information content (AvgIpc) is 3.03. The highest BCUT2D eigenvalue weighted by atomic mass is 35.5. The van der Waals surface area contributed by atoms with Crippen molar-refractivity contribution >= 4 is 40.9 Å². The third-order valence-corrected chi connectivity index (χ3v) is 5.35. The van der Waals surface area contributed by atoms with E-state index in [1.54, 1.807) is 25.3 Å². The number of anilines is 1. The molecular weight excluding hydrogens is 450 g/mol.